The molecule has 15 heavy (non-hydrogen) atoms. The largest absolute Gasteiger partial charge is 0.0741 e. The van der Waals surface area contributed by atoms with E-state index in [0.29, 0.717) is 0 Å². The fraction of sp³-hybridized carbons (Fsp3) is 0.867. The molecule has 90 valence electrons. The van der Waals surface area contributed by atoms with Crippen molar-refractivity contribution in [3.63, 3.8) is 0 Å². The molecule has 0 aliphatic rings. The number of allylic oxidation sites excluding steroid dienone is 2. The van der Waals surface area contributed by atoms with Crippen molar-refractivity contribution in [2.75, 3.05) is 0 Å². The average molecular weight is 210 g/mol. The summed E-state index contributed by atoms with van der Waals surface area (Å²) in [5.74, 6) is 0. The van der Waals surface area contributed by atoms with Gasteiger partial charge in [-0.3, -0.25) is 0 Å². The number of unbranched alkanes of at least 4 members (excludes halogenated alkanes) is 3. The lowest BCUT2D eigenvalue weighted by atomic mass is 9.95. The Morgan fingerprint density at radius 1 is 0.667 bits per heavy atom. The maximum absolute atomic E-state index is 2.35. The molecule has 0 nitrogen and oxygen atoms in total. The topological polar surface area (TPSA) is 0 Å². The van der Waals surface area contributed by atoms with Gasteiger partial charge >= 0.3 is 0 Å². The first-order chi connectivity index (χ1) is 7.26. The molecule has 0 aliphatic heterocycles. The predicted octanol–water partition coefficient (Wildman–Crippen LogP) is 5.87. The molecular formula is C15H30. The van der Waals surface area contributed by atoms with Gasteiger partial charge in [-0.15, -0.1) is 0 Å². The van der Waals surface area contributed by atoms with E-state index in [1.165, 1.54) is 57.8 Å². The quantitative estimate of drug-likeness (QED) is 0.329. The maximum Gasteiger partial charge on any atom is -0.0318 e. The Balaban J connectivity index is 4.09. The third-order valence-corrected chi connectivity index (χ3v) is 3.14. The van der Waals surface area contributed by atoms with E-state index in [1.807, 2.05) is 0 Å². The second-order valence-corrected chi connectivity index (χ2v) is 4.69. The molecule has 0 heterocycles. The molecule has 0 bridgehead atoms. The molecule has 0 rings (SSSR count). The van der Waals surface area contributed by atoms with Crippen molar-refractivity contribution in [3.8, 4) is 0 Å². The number of rotatable bonds is 9. The second-order valence-electron chi connectivity index (χ2n) is 4.69. The van der Waals surface area contributed by atoms with Crippen molar-refractivity contribution in [2.24, 2.45) is 0 Å². The van der Waals surface area contributed by atoms with Gasteiger partial charge in [-0.05, 0) is 39.0 Å². The molecule has 0 atom stereocenters. The van der Waals surface area contributed by atoms with Crippen molar-refractivity contribution >= 4 is 0 Å². The summed E-state index contributed by atoms with van der Waals surface area (Å²) in [6.07, 6.45) is 12.2. The summed E-state index contributed by atoms with van der Waals surface area (Å²) in [6.45, 7) is 9.21. The Bertz CT molecular complexity index is 165. The van der Waals surface area contributed by atoms with E-state index in [2.05, 4.69) is 27.7 Å². The van der Waals surface area contributed by atoms with Gasteiger partial charge in [0.2, 0.25) is 0 Å². The van der Waals surface area contributed by atoms with E-state index in [0.717, 1.165) is 0 Å². The molecular weight excluding hydrogens is 180 g/mol. The molecule has 0 heteroatoms. The molecule has 0 aromatic heterocycles. The van der Waals surface area contributed by atoms with E-state index in [1.54, 1.807) is 11.1 Å². The van der Waals surface area contributed by atoms with Gasteiger partial charge in [-0.1, -0.05) is 57.6 Å². The highest BCUT2D eigenvalue weighted by Crippen LogP contribution is 2.22. The molecule has 0 saturated carbocycles. The minimum absolute atomic E-state index is 1.30. The zero-order chi connectivity index (χ0) is 11.5. The molecule has 0 aromatic carbocycles. The molecule has 0 fully saturated rings. The van der Waals surface area contributed by atoms with Gasteiger partial charge in [0.15, 0.2) is 0 Å². The maximum atomic E-state index is 2.35. The molecule has 0 spiro atoms. The van der Waals surface area contributed by atoms with E-state index in [-0.39, 0.29) is 0 Å². The van der Waals surface area contributed by atoms with Crippen LogP contribution in [0.1, 0.15) is 85.5 Å². The Kier molecular flexibility index (Phi) is 10.1. The van der Waals surface area contributed by atoms with Crippen LogP contribution in [-0.4, -0.2) is 0 Å². The fourth-order valence-corrected chi connectivity index (χ4v) is 2.08. The lowest BCUT2D eigenvalue weighted by molar-refractivity contribution is 0.665. The van der Waals surface area contributed by atoms with Crippen LogP contribution in [-0.2, 0) is 0 Å². The van der Waals surface area contributed by atoms with Crippen LogP contribution in [0.3, 0.4) is 0 Å². The Morgan fingerprint density at radius 2 is 1.27 bits per heavy atom. The van der Waals surface area contributed by atoms with Crippen molar-refractivity contribution in [1.29, 1.82) is 0 Å². The lowest BCUT2D eigenvalue weighted by Crippen LogP contribution is -1.91. The predicted molar refractivity (Wildman–Crippen MR) is 71.3 cm³/mol. The van der Waals surface area contributed by atoms with Gasteiger partial charge in [-0.25, -0.2) is 0 Å². The standard InChI is InChI=1S/C15H30/c1-5-8-10-13-15(12-9-6-2)14(4)11-7-3/h5-13H2,1-4H3/b15-14+. The van der Waals surface area contributed by atoms with Crippen LogP contribution in [0.4, 0.5) is 0 Å². The normalized spacial score (nSPS) is 12.8. The van der Waals surface area contributed by atoms with Crippen LogP contribution in [0.15, 0.2) is 11.1 Å². The second kappa shape index (κ2) is 10.3. The zero-order valence-corrected chi connectivity index (χ0v) is 11.4. The third kappa shape index (κ3) is 7.64. The average Bonchev–Trinajstić information content (AvgIpc) is 2.23. The molecule has 0 saturated heterocycles. The molecule has 0 unspecified atom stereocenters. The van der Waals surface area contributed by atoms with Gasteiger partial charge in [0.1, 0.15) is 0 Å². The third-order valence-electron chi connectivity index (χ3n) is 3.14. The van der Waals surface area contributed by atoms with Gasteiger partial charge < -0.3 is 0 Å². The minimum atomic E-state index is 1.30. The Morgan fingerprint density at radius 3 is 1.80 bits per heavy atom. The summed E-state index contributed by atoms with van der Waals surface area (Å²) in [7, 11) is 0. The monoisotopic (exact) mass is 210 g/mol. The first kappa shape index (κ1) is 14.7. The van der Waals surface area contributed by atoms with Gasteiger partial charge in [-0.2, -0.15) is 0 Å². The van der Waals surface area contributed by atoms with E-state index in [4.69, 9.17) is 0 Å². The Hall–Kier alpha value is -0.260. The van der Waals surface area contributed by atoms with Gasteiger partial charge in [0, 0.05) is 0 Å². The van der Waals surface area contributed by atoms with Crippen LogP contribution in [0, 0.1) is 0 Å². The van der Waals surface area contributed by atoms with Crippen molar-refractivity contribution in [3.05, 3.63) is 11.1 Å². The number of hydrogen-bond acceptors (Lipinski definition) is 0. The molecule has 0 aliphatic carbocycles. The highest BCUT2D eigenvalue weighted by atomic mass is 14.1. The molecule has 0 amide bonds. The highest BCUT2D eigenvalue weighted by Gasteiger charge is 2.02. The fourth-order valence-electron chi connectivity index (χ4n) is 2.08. The van der Waals surface area contributed by atoms with Gasteiger partial charge in [0.05, 0.1) is 0 Å². The molecule has 0 aromatic rings. The van der Waals surface area contributed by atoms with Crippen LogP contribution < -0.4 is 0 Å². The SMILES string of the molecule is CCCCC/C(CCCC)=C(\C)CCC. The van der Waals surface area contributed by atoms with E-state index in [9.17, 15) is 0 Å². The van der Waals surface area contributed by atoms with Crippen molar-refractivity contribution in [1.82, 2.24) is 0 Å². The van der Waals surface area contributed by atoms with Crippen LogP contribution in [0.5, 0.6) is 0 Å². The Labute approximate surface area is 97.2 Å². The molecule has 0 radical (unpaired) electrons. The summed E-state index contributed by atoms with van der Waals surface area (Å²) in [6, 6.07) is 0. The lowest BCUT2D eigenvalue weighted by Gasteiger charge is -2.11. The van der Waals surface area contributed by atoms with Gasteiger partial charge in [0.25, 0.3) is 0 Å². The van der Waals surface area contributed by atoms with Crippen molar-refractivity contribution < 1.29 is 0 Å². The summed E-state index contributed by atoms with van der Waals surface area (Å²) >= 11 is 0. The summed E-state index contributed by atoms with van der Waals surface area (Å²) in [4.78, 5) is 0. The minimum Gasteiger partial charge on any atom is -0.0741 e. The molecule has 0 N–H and O–H groups in total. The summed E-state index contributed by atoms with van der Waals surface area (Å²) < 4.78 is 0. The zero-order valence-electron chi connectivity index (χ0n) is 11.4. The van der Waals surface area contributed by atoms with E-state index < -0.39 is 0 Å². The van der Waals surface area contributed by atoms with Crippen molar-refractivity contribution in [2.45, 2.75) is 85.5 Å². The number of hydrogen-bond donors (Lipinski definition) is 0. The summed E-state index contributed by atoms with van der Waals surface area (Å²) in [5.41, 5.74) is 3.45. The first-order valence-corrected chi connectivity index (χ1v) is 6.93. The van der Waals surface area contributed by atoms with E-state index >= 15 is 0 Å². The van der Waals surface area contributed by atoms with Crippen LogP contribution in [0.25, 0.3) is 0 Å². The van der Waals surface area contributed by atoms with Crippen LogP contribution in [0.2, 0.25) is 0 Å². The highest BCUT2D eigenvalue weighted by molar-refractivity contribution is 5.12. The smallest absolute Gasteiger partial charge is 0.0318 e. The van der Waals surface area contributed by atoms with Crippen LogP contribution >= 0.6 is 0 Å². The first-order valence-electron chi connectivity index (χ1n) is 6.93. The summed E-state index contributed by atoms with van der Waals surface area (Å²) in [5, 5.41) is 0.